The lowest BCUT2D eigenvalue weighted by molar-refractivity contribution is 1.13. The second kappa shape index (κ2) is 4.59. The maximum Gasteiger partial charge on any atom is 0.179 e. The molecule has 0 N–H and O–H groups in total. The van der Waals surface area contributed by atoms with E-state index >= 15 is 0 Å². The molecule has 0 radical (unpaired) electrons. The van der Waals surface area contributed by atoms with Crippen LogP contribution < -0.4 is 0 Å². The summed E-state index contributed by atoms with van der Waals surface area (Å²) in [7, 11) is 0. The van der Waals surface area contributed by atoms with E-state index in [0.29, 0.717) is 21.7 Å². The lowest BCUT2D eigenvalue weighted by atomic mass is 10.3. The number of rotatable bonds is 1. The van der Waals surface area contributed by atoms with Crippen molar-refractivity contribution in [3.05, 3.63) is 38.3 Å². The third-order valence-electron chi connectivity index (χ3n) is 1.66. The van der Waals surface area contributed by atoms with E-state index in [-0.39, 0.29) is 0 Å². The SMILES string of the molecule is Clc1ccc(-c2ncc(I)c(Cl)n2)nc1. The van der Waals surface area contributed by atoms with Crippen molar-refractivity contribution in [1.29, 1.82) is 0 Å². The number of nitrogens with zero attached hydrogens (tertiary/aromatic N) is 3. The minimum Gasteiger partial charge on any atom is -0.251 e. The van der Waals surface area contributed by atoms with Crippen molar-refractivity contribution >= 4 is 45.8 Å². The van der Waals surface area contributed by atoms with Crippen molar-refractivity contribution in [1.82, 2.24) is 15.0 Å². The molecule has 0 fully saturated rings. The first-order chi connectivity index (χ1) is 7.16. The normalized spacial score (nSPS) is 10.3. The van der Waals surface area contributed by atoms with Crippen molar-refractivity contribution in [2.75, 3.05) is 0 Å². The lowest BCUT2D eigenvalue weighted by Gasteiger charge is -2.00. The third-order valence-corrected chi connectivity index (χ3v) is 3.28. The van der Waals surface area contributed by atoms with Gasteiger partial charge in [-0.25, -0.2) is 9.97 Å². The van der Waals surface area contributed by atoms with E-state index in [4.69, 9.17) is 23.2 Å². The maximum absolute atomic E-state index is 5.88. The molecule has 76 valence electrons. The molecule has 0 unspecified atom stereocenters. The summed E-state index contributed by atoms with van der Waals surface area (Å²) in [6.07, 6.45) is 3.20. The first-order valence-electron chi connectivity index (χ1n) is 3.97. The van der Waals surface area contributed by atoms with E-state index in [1.807, 2.05) is 0 Å². The van der Waals surface area contributed by atoms with Crippen LogP contribution in [0.3, 0.4) is 0 Å². The number of halogens is 3. The maximum atomic E-state index is 5.88. The van der Waals surface area contributed by atoms with E-state index in [1.165, 1.54) is 0 Å². The van der Waals surface area contributed by atoms with Gasteiger partial charge in [-0.05, 0) is 34.7 Å². The fourth-order valence-electron chi connectivity index (χ4n) is 0.978. The number of hydrogen-bond donors (Lipinski definition) is 0. The van der Waals surface area contributed by atoms with Gasteiger partial charge in [0.2, 0.25) is 0 Å². The van der Waals surface area contributed by atoms with Gasteiger partial charge in [0, 0.05) is 12.4 Å². The quantitative estimate of drug-likeness (QED) is 0.583. The first-order valence-corrected chi connectivity index (χ1v) is 5.80. The molecule has 0 saturated heterocycles. The molecule has 0 spiro atoms. The van der Waals surface area contributed by atoms with Gasteiger partial charge in [0.25, 0.3) is 0 Å². The van der Waals surface area contributed by atoms with Gasteiger partial charge < -0.3 is 0 Å². The highest BCUT2D eigenvalue weighted by Gasteiger charge is 2.05. The summed E-state index contributed by atoms with van der Waals surface area (Å²) in [6, 6.07) is 3.49. The molecule has 0 saturated carbocycles. The summed E-state index contributed by atoms with van der Waals surface area (Å²) in [5.74, 6) is 0.497. The van der Waals surface area contributed by atoms with Crippen LogP contribution in [0, 0.1) is 3.57 Å². The highest BCUT2D eigenvalue weighted by Crippen LogP contribution is 2.19. The Morgan fingerprint density at radius 2 is 1.87 bits per heavy atom. The van der Waals surface area contributed by atoms with Crippen molar-refractivity contribution in [2.24, 2.45) is 0 Å². The Bertz CT molecular complexity index is 487. The van der Waals surface area contributed by atoms with Crippen LogP contribution in [-0.4, -0.2) is 15.0 Å². The van der Waals surface area contributed by atoms with Crippen LogP contribution in [0.2, 0.25) is 10.2 Å². The van der Waals surface area contributed by atoms with Crippen LogP contribution in [-0.2, 0) is 0 Å². The molecule has 2 aromatic rings. The molecule has 2 rings (SSSR count). The Morgan fingerprint density at radius 1 is 1.07 bits per heavy atom. The Morgan fingerprint density at radius 3 is 2.47 bits per heavy atom. The molecule has 2 heterocycles. The van der Waals surface area contributed by atoms with Crippen molar-refractivity contribution in [2.45, 2.75) is 0 Å². The number of hydrogen-bond acceptors (Lipinski definition) is 3. The monoisotopic (exact) mass is 351 g/mol. The zero-order chi connectivity index (χ0) is 10.8. The zero-order valence-corrected chi connectivity index (χ0v) is 11.0. The lowest BCUT2D eigenvalue weighted by Crippen LogP contribution is -1.93. The molecular weight excluding hydrogens is 348 g/mol. The second-order valence-electron chi connectivity index (χ2n) is 2.69. The number of pyridine rings is 1. The molecule has 0 aliphatic rings. The molecule has 0 aromatic carbocycles. The van der Waals surface area contributed by atoms with Crippen LogP contribution in [0.5, 0.6) is 0 Å². The van der Waals surface area contributed by atoms with Gasteiger partial charge in [-0.1, -0.05) is 23.2 Å². The summed E-state index contributed by atoms with van der Waals surface area (Å²) < 4.78 is 0.812. The van der Waals surface area contributed by atoms with E-state index in [0.717, 1.165) is 3.57 Å². The van der Waals surface area contributed by atoms with Gasteiger partial charge in [-0.15, -0.1) is 0 Å². The fraction of sp³-hybridized carbons (Fsp3) is 0. The molecular formula is C9H4Cl2IN3. The topological polar surface area (TPSA) is 38.7 Å². The predicted octanol–water partition coefficient (Wildman–Crippen LogP) is 3.45. The molecule has 0 amide bonds. The third kappa shape index (κ3) is 2.56. The van der Waals surface area contributed by atoms with Crippen LogP contribution in [0.1, 0.15) is 0 Å². The summed E-state index contributed by atoms with van der Waals surface area (Å²) in [4.78, 5) is 12.3. The molecule has 0 aliphatic carbocycles. The van der Waals surface area contributed by atoms with Crippen LogP contribution in [0.4, 0.5) is 0 Å². The molecule has 6 heteroatoms. The second-order valence-corrected chi connectivity index (χ2v) is 4.65. The minimum absolute atomic E-state index is 0.428. The van der Waals surface area contributed by atoms with E-state index in [1.54, 1.807) is 24.5 Å². The fourth-order valence-corrected chi connectivity index (χ4v) is 1.48. The Labute approximate surface area is 110 Å². The van der Waals surface area contributed by atoms with Gasteiger partial charge in [-0.3, -0.25) is 4.98 Å². The zero-order valence-electron chi connectivity index (χ0n) is 7.28. The Kier molecular flexibility index (Phi) is 3.38. The predicted molar refractivity (Wildman–Crippen MR) is 68.0 cm³/mol. The summed E-state index contributed by atoms with van der Waals surface area (Å²) in [6.45, 7) is 0. The smallest absolute Gasteiger partial charge is 0.179 e. The average molecular weight is 352 g/mol. The standard InChI is InChI=1S/C9H4Cl2IN3/c10-5-1-2-7(13-3-5)9-14-4-6(12)8(11)15-9/h1-4H. The molecule has 0 bridgehead atoms. The largest absolute Gasteiger partial charge is 0.251 e. The van der Waals surface area contributed by atoms with Crippen LogP contribution in [0.15, 0.2) is 24.5 Å². The van der Waals surface area contributed by atoms with Crippen LogP contribution in [0.25, 0.3) is 11.5 Å². The van der Waals surface area contributed by atoms with Gasteiger partial charge in [-0.2, -0.15) is 0 Å². The molecule has 0 atom stereocenters. The molecule has 2 aromatic heterocycles. The first kappa shape index (κ1) is 11.0. The van der Waals surface area contributed by atoms with Crippen molar-refractivity contribution in [3.63, 3.8) is 0 Å². The van der Waals surface area contributed by atoms with E-state index < -0.39 is 0 Å². The highest BCUT2D eigenvalue weighted by molar-refractivity contribution is 14.1. The number of aromatic nitrogens is 3. The van der Waals surface area contributed by atoms with E-state index in [9.17, 15) is 0 Å². The van der Waals surface area contributed by atoms with E-state index in [2.05, 4.69) is 37.5 Å². The minimum atomic E-state index is 0.428. The van der Waals surface area contributed by atoms with Crippen molar-refractivity contribution in [3.8, 4) is 11.5 Å². The van der Waals surface area contributed by atoms with Gasteiger partial charge >= 0.3 is 0 Å². The Hall–Kier alpha value is -0.460. The van der Waals surface area contributed by atoms with Gasteiger partial charge in [0.15, 0.2) is 5.82 Å². The van der Waals surface area contributed by atoms with Crippen molar-refractivity contribution < 1.29 is 0 Å². The summed E-state index contributed by atoms with van der Waals surface area (Å²) >= 11 is 13.7. The van der Waals surface area contributed by atoms with Gasteiger partial charge in [0.05, 0.1) is 8.59 Å². The van der Waals surface area contributed by atoms with Crippen LogP contribution >= 0.6 is 45.8 Å². The summed E-state index contributed by atoms with van der Waals surface area (Å²) in [5, 5.41) is 1.01. The highest BCUT2D eigenvalue weighted by atomic mass is 127. The molecule has 3 nitrogen and oxygen atoms in total. The summed E-state index contributed by atoms with van der Waals surface area (Å²) in [5.41, 5.74) is 0.651. The molecule has 15 heavy (non-hydrogen) atoms. The molecule has 0 aliphatic heterocycles. The average Bonchev–Trinajstić information content (AvgIpc) is 2.23. The Balaban J connectivity index is 2.45. The van der Waals surface area contributed by atoms with Gasteiger partial charge in [0.1, 0.15) is 10.8 Å².